The van der Waals surface area contributed by atoms with Gasteiger partial charge in [-0.2, -0.15) is 0 Å². The fourth-order valence-corrected chi connectivity index (χ4v) is 21.8. The van der Waals surface area contributed by atoms with Crippen LogP contribution in [0.5, 0.6) is 0 Å². The van der Waals surface area contributed by atoms with Crippen LogP contribution in [-0.2, 0) is 0 Å². The van der Waals surface area contributed by atoms with E-state index in [-0.39, 0.29) is 0 Å². The zero-order chi connectivity index (χ0) is 92.1. The summed E-state index contributed by atoms with van der Waals surface area (Å²) in [5, 5.41) is 0. The van der Waals surface area contributed by atoms with E-state index in [1.807, 2.05) is 0 Å². The van der Waals surface area contributed by atoms with Crippen LogP contribution in [-0.4, -0.2) is 15.8 Å². The first kappa shape index (κ1) is 82.7. The summed E-state index contributed by atoms with van der Waals surface area (Å²) in [5.74, 6) is 0. The van der Waals surface area contributed by atoms with E-state index in [2.05, 4.69) is 571 Å². The maximum atomic E-state index is 2.73. The molecule has 650 valence electrons. The highest BCUT2D eigenvalue weighted by Gasteiger charge is 2.47. The number of nitrogens with zero attached hydrogens (tertiary/aromatic N) is 4. The van der Waals surface area contributed by atoms with Crippen molar-refractivity contribution < 1.29 is 0 Å². The Morgan fingerprint density at radius 2 is 0.345 bits per heavy atom. The summed E-state index contributed by atoms with van der Waals surface area (Å²) >= 11 is 0. The number of aromatic nitrogens is 2. The van der Waals surface area contributed by atoms with Crippen molar-refractivity contribution in [3.63, 3.8) is 0 Å². The van der Waals surface area contributed by atoms with Crippen LogP contribution < -0.4 is 26.2 Å². The molecule has 0 saturated heterocycles. The Labute approximate surface area is 812 Å². The van der Waals surface area contributed by atoms with E-state index in [0.717, 1.165) is 240 Å². The maximum Gasteiger partial charge on any atom is 0.252 e. The van der Waals surface area contributed by atoms with Gasteiger partial charge in [0.15, 0.2) is 0 Å². The lowest BCUT2D eigenvalue weighted by Crippen LogP contribution is -2.61. The minimum atomic E-state index is -0.448. The first-order valence-electron chi connectivity index (χ1n) is 48.0. The quantitative estimate of drug-likeness (QED) is 0.0707. The third kappa shape index (κ3) is 14.9. The molecule has 0 bridgehead atoms. The van der Waals surface area contributed by atoms with Crippen molar-refractivity contribution in [2.45, 2.75) is 0 Å². The molecule has 25 rings (SSSR count). The Bertz CT molecular complexity index is 7820. The smallest absolute Gasteiger partial charge is 0.252 e. The highest BCUT2D eigenvalue weighted by atomic mass is 15.2. The van der Waals surface area contributed by atoms with Gasteiger partial charge in [0.2, 0.25) is 0 Å². The molecule has 2 aliphatic rings. The molecule has 0 saturated carbocycles. The fraction of sp³-hybridized carbons (Fsp3) is 0. The van der Waals surface area contributed by atoms with Crippen LogP contribution in [0.15, 0.2) is 552 Å². The van der Waals surface area contributed by atoms with Gasteiger partial charge in [0, 0.05) is 78.6 Å². The van der Waals surface area contributed by atoms with Gasteiger partial charge in [0.1, 0.15) is 0 Å². The Balaban J connectivity index is 0.880. The molecule has 0 unspecified atom stereocenters. The number of fused-ring (bicyclic) bond motifs is 4. The summed E-state index contributed by atoms with van der Waals surface area (Å²) in [4.78, 5) is 5.46. The molecule has 2 aromatic heterocycles. The average molecular weight is 1770 g/mol. The summed E-state index contributed by atoms with van der Waals surface area (Å²) < 4.78 is 5.23. The fourth-order valence-electron chi connectivity index (χ4n) is 21.8. The largest absolute Gasteiger partial charge is 0.310 e. The monoisotopic (exact) mass is 1770 g/mol. The lowest BCUT2D eigenvalue weighted by atomic mass is 9.33. The van der Waals surface area contributed by atoms with Crippen molar-refractivity contribution in [1.29, 1.82) is 0 Å². The number of benzene rings is 21. The van der Waals surface area contributed by atoms with Crippen LogP contribution in [0.3, 0.4) is 0 Å². The van der Waals surface area contributed by atoms with Gasteiger partial charge in [-0.25, -0.2) is 0 Å². The van der Waals surface area contributed by atoms with Gasteiger partial charge in [0.25, 0.3) is 6.71 Å². The summed E-state index contributed by atoms with van der Waals surface area (Å²) in [6.07, 6.45) is 0. The number of hydrogen-bond donors (Lipinski definition) is 0. The predicted octanol–water partition coefficient (Wildman–Crippen LogP) is 34.0. The molecule has 0 amide bonds. The molecule has 23 aromatic rings. The van der Waals surface area contributed by atoms with Gasteiger partial charge in [-0.05, 0) is 182 Å². The summed E-state index contributed by atoms with van der Waals surface area (Å²) in [6, 6.07) is 206. The summed E-state index contributed by atoms with van der Waals surface area (Å²) in [5.41, 5.74) is 46.8. The average Bonchev–Trinajstić information content (AvgIpc) is 1.42. The third-order valence-corrected chi connectivity index (χ3v) is 27.9. The van der Waals surface area contributed by atoms with Gasteiger partial charge in [-0.3, -0.25) is 0 Å². The normalized spacial score (nSPS) is 11.8. The number of rotatable bonds is 20. The first-order chi connectivity index (χ1) is 69.0. The van der Waals surface area contributed by atoms with E-state index >= 15 is 0 Å². The Hall–Kier alpha value is -18.2. The van der Waals surface area contributed by atoms with E-state index in [1.54, 1.807) is 0 Å². The molecule has 139 heavy (non-hydrogen) atoms. The zero-order valence-corrected chi connectivity index (χ0v) is 76.4. The molecule has 4 nitrogen and oxygen atoms in total. The topological polar surface area (TPSA) is 16.3 Å². The summed E-state index contributed by atoms with van der Waals surface area (Å²) in [7, 11) is 0. The minimum absolute atomic E-state index is 0.448. The van der Waals surface area contributed by atoms with Crippen molar-refractivity contribution in [2.75, 3.05) is 9.80 Å². The van der Waals surface area contributed by atoms with Gasteiger partial charge in [0.05, 0.1) is 34.2 Å². The number of anilines is 6. The lowest BCUT2D eigenvalue weighted by Gasteiger charge is -2.46. The van der Waals surface area contributed by atoms with Crippen LogP contribution in [0.25, 0.3) is 190 Å². The zero-order valence-electron chi connectivity index (χ0n) is 76.4. The van der Waals surface area contributed by atoms with Crippen LogP contribution >= 0.6 is 0 Å². The second kappa shape index (κ2) is 36.0. The number of para-hydroxylation sites is 2. The maximum absolute atomic E-state index is 2.73. The van der Waals surface area contributed by atoms with E-state index in [0.29, 0.717) is 0 Å². The molecule has 0 aliphatic carbocycles. The molecule has 5 heteroatoms. The van der Waals surface area contributed by atoms with Crippen molar-refractivity contribution in [3.05, 3.63) is 552 Å². The van der Waals surface area contributed by atoms with Crippen molar-refractivity contribution in [3.8, 4) is 190 Å². The van der Waals surface area contributed by atoms with Crippen LogP contribution in [0.4, 0.5) is 34.1 Å². The highest BCUT2D eigenvalue weighted by Crippen LogP contribution is 2.58. The van der Waals surface area contributed by atoms with Crippen molar-refractivity contribution in [2.24, 2.45) is 0 Å². The van der Waals surface area contributed by atoms with Crippen molar-refractivity contribution >= 4 is 57.2 Å². The Morgan fingerprint density at radius 1 is 0.137 bits per heavy atom. The van der Waals surface area contributed by atoms with Gasteiger partial charge < -0.3 is 18.9 Å². The summed E-state index contributed by atoms with van der Waals surface area (Å²) in [6.45, 7) is -0.448. The molecule has 0 spiro atoms. The molecule has 0 atom stereocenters. The van der Waals surface area contributed by atoms with E-state index in [4.69, 9.17) is 0 Å². The Morgan fingerprint density at radius 3 is 0.619 bits per heavy atom. The van der Waals surface area contributed by atoms with E-state index in [1.165, 1.54) is 0 Å². The molecule has 2 aliphatic heterocycles. The standard InChI is InChI=1S/C134H91BN4/c1-14-45-92(46-15-1)105-71-40-74-108(85-105)111-88-122-128-123(89-111)139(134-115(96-53-22-5-23-54-96)78-44-80-117(134)110-76-42-73-107(87-110)94-49-18-3-19-50-94)121-91-113(137-131(103-67-36-12-37-68-103)126(99-59-28-8-29-60-99)127(100-61-30-9-31-62-100)132(137)104-69-38-13-39-70-104)82-84-119(121)135(128)118-83-81-112(90-120(118)138(122)133-114(95-51-20-4-21-52-95)77-43-79-116(133)109-75-41-72-106(86-109)93-47-16-2-17-48-93)136-129(101-63-32-10-33-64-101)124(97-55-24-6-25-56-97)125(98-57-26-7-27-58-98)130(136)102-65-34-11-35-66-102/h1-91H. The molecular weight excluding hydrogens is 1680 g/mol. The first-order valence-corrected chi connectivity index (χ1v) is 48.0. The second-order valence-corrected chi connectivity index (χ2v) is 36.0. The number of hydrogen-bond acceptors (Lipinski definition) is 2. The molecule has 0 fully saturated rings. The lowest BCUT2D eigenvalue weighted by molar-refractivity contribution is 1.09. The molecular formula is C134H91BN4. The molecule has 0 radical (unpaired) electrons. The third-order valence-electron chi connectivity index (χ3n) is 27.9. The predicted molar refractivity (Wildman–Crippen MR) is 586 cm³/mol. The minimum Gasteiger partial charge on any atom is -0.310 e. The van der Waals surface area contributed by atoms with Gasteiger partial charge in [-0.15, -0.1) is 0 Å². The van der Waals surface area contributed by atoms with Crippen molar-refractivity contribution in [1.82, 2.24) is 9.13 Å². The van der Waals surface area contributed by atoms with Gasteiger partial charge in [-0.1, -0.05) is 497 Å². The van der Waals surface area contributed by atoms with E-state index < -0.39 is 6.71 Å². The molecule has 4 heterocycles. The molecule has 21 aromatic carbocycles. The van der Waals surface area contributed by atoms with Crippen LogP contribution in [0.1, 0.15) is 0 Å². The van der Waals surface area contributed by atoms with Crippen LogP contribution in [0, 0.1) is 0 Å². The van der Waals surface area contributed by atoms with Gasteiger partial charge >= 0.3 is 0 Å². The van der Waals surface area contributed by atoms with Crippen LogP contribution in [0.2, 0.25) is 0 Å². The van der Waals surface area contributed by atoms with E-state index in [9.17, 15) is 0 Å². The second-order valence-electron chi connectivity index (χ2n) is 36.0. The SMILES string of the molecule is c1ccc(-c2cccc(-c3cc4c5c(c3)N(c3c(-c6ccccc6)cccc3-c3cccc(-c6ccccc6)c3)c3cc(-n6c(-c7ccccc7)c(-c7ccccc7)c(-c7ccccc7)c6-c6ccccc6)ccc3B5c3ccc(-n5c(-c6ccccc6)c(-c6ccccc6)c(-c6ccccc6)c5-c5ccccc5)cc3N4c3c(-c4ccccc4)cccc3-c3cccc(-c4ccccc4)c3)c2)cc1. The Kier molecular flexibility index (Phi) is 21.4. The molecule has 0 N–H and O–H groups in total. The highest BCUT2D eigenvalue weighted by molar-refractivity contribution is 7.00.